The molecule has 1 amide bonds. The first kappa shape index (κ1) is 28.2. The Morgan fingerprint density at radius 1 is 0.974 bits per heavy atom. The number of para-hydroxylation sites is 1. The number of hydrogen-bond donors (Lipinski definition) is 0. The molecule has 2 fully saturated rings. The highest BCUT2D eigenvalue weighted by Gasteiger charge is 2.50. The van der Waals surface area contributed by atoms with Gasteiger partial charge in [0.15, 0.2) is 0 Å². The molecule has 3 heterocycles. The van der Waals surface area contributed by atoms with Crippen molar-refractivity contribution in [3.8, 4) is 5.69 Å². The molecule has 10 heteroatoms. The minimum atomic E-state index is -3.38. The van der Waals surface area contributed by atoms with Gasteiger partial charge in [-0.2, -0.15) is 5.10 Å². The number of carbonyl (C=O) groups is 1. The second-order valence-electron chi connectivity index (χ2n) is 10.1. The van der Waals surface area contributed by atoms with Gasteiger partial charge in [-0.1, -0.05) is 39.0 Å². The van der Waals surface area contributed by atoms with Crippen LogP contribution in [0, 0.1) is 17.7 Å². The monoisotopic (exact) mass is 543 g/mol. The molecule has 3 aromatic rings. The van der Waals surface area contributed by atoms with Crippen molar-refractivity contribution < 1.29 is 17.6 Å². The van der Waals surface area contributed by atoms with Crippen LogP contribution in [0.25, 0.3) is 16.6 Å². The maximum Gasteiger partial charge on any atom is 0.231 e. The van der Waals surface area contributed by atoms with Crippen LogP contribution in [0.1, 0.15) is 34.6 Å². The van der Waals surface area contributed by atoms with Gasteiger partial charge in [0.25, 0.3) is 0 Å². The van der Waals surface area contributed by atoms with E-state index in [9.17, 15) is 17.6 Å². The Bertz CT molecular complexity index is 1380. The molecule has 2 aromatic carbocycles. The van der Waals surface area contributed by atoms with Crippen molar-refractivity contribution in [2.75, 3.05) is 44.2 Å². The van der Waals surface area contributed by atoms with E-state index < -0.39 is 15.3 Å². The third-order valence-corrected chi connectivity index (χ3v) is 9.88. The zero-order valence-corrected chi connectivity index (χ0v) is 23.7. The Morgan fingerprint density at radius 2 is 1.63 bits per heavy atom. The van der Waals surface area contributed by atoms with Crippen LogP contribution >= 0.6 is 0 Å². The van der Waals surface area contributed by atoms with Gasteiger partial charge < -0.3 is 9.80 Å². The van der Waals surface area contributed by atoms with Crippen molar-refractivity contribution in [1.29, 1.82) is 0 Å². The summed E-state index contributed by atoms with van der Waals surface area (Å²) in [6.45, 7) is 14.5. The van der Waals surface area contributed by atoms with Gasteiger partial charge in [0.1, 0.15) is 11.5 Å². The Kier molecular flexibility index (Phi) is 8.54. The minimum absolute atomic E-state index is 0.0436. The van der Waals surface area contributed by atoms with Gasteiger partial charge in [0.2, 0.25) is 15.9 Å². The highest BCUT2D eigenvalue weighted by Crippen LogP contribution is 2.39. The van der Waals surface area contributed by atoms with E-state index in [4.69, 9.17) is 0 Å². The molecule has 8 nitrogen and oxygen atoms in total. The molecule has 5 rings (SSSR count). The molecule has 0 saturated carbocycles. The Labute approximate surface area is 225 Å². The maximum absolute atomic E-state index is 14.3. The van der Waals surface area contributed by atoms with Gasteiger partial charge in [-0.3, -0.25) is 4.79 Å². The smallest absolute Gasteiger partial charge is 0.231 e. The SMILES string of the molecule is CC(C)S(=O)(=O)N1C[C@@H]2CN(c3cccc4c3cnn4-c3ccccc3F)C(=O)[C@@H]2C1.CCN(CC)CC. The number of nitrogens with zero attached hydrogens (tertiary/aromatic N) is 5. The first-order chi connectivity index (χ1) is 18.1. The molecule has 2 saturated heterocycles. The van der Waals surface area contributed by atoms with Crippen LogP contribution < -0.4 is 4.90 Å². The summed E-state index contributed by atoms with van der Waals surface area (Å²) in [4.78, 5) is 17.3. The first-order valence-electron chi connectivity index (χ1n) is 13.4. The number of hydrogen-bond acceptors (Lipinski definition) is 5. The number of amides is 1. The van der Waals surface area contributed by atoms with Crippen LogP contribution in [-0.4, -0.2) is 77.8 Å². The Hall–Kier alpha value is -2.82. The molecule has 2 atom stereocenters. The van der Waals surface area contributed by atoms with Crippen LogP contribution in [0.2, 0.25) is 0 Å². The van der Waals surface area contributed by atoms with Crippen LogP contribution in [0.4, 0.5) is 10.1 Å². The molecule has 0 radical (unpaired) electrons. The van der Waals surface area contributed by atoms with Gasteiger partial charge >= 0.3 is 0 Å². The fraction of sp³-hybridized carbons (Fsp3) is 0.500. The highest BCUT2D eigenvalue weighted by atomic mass is 32.2. The van der Waals surface area contributed by atoms with E-state index in [1.54, 1.807) is 43.1 Å². The molecular weight excluding hydrogens is 505 g/mol. The lowest BCUT2D eigenvalue weighted by molar-refractivity contribution is -0.120. The van der Waals surface area contributed by atoms with Crippen LogP contribution in [0.5, 0.6) is 0 Å². The third kappa shape index (κ3) is 5.21. The van der Waals surface area contributed by atoms with Crippen LogP contribution in [-0.2, 0) is 14.8 Å². The number of sulfonamides is 1. The largest absolute Gasteiger partial charge is 0.311 e. The van der Waals surface area contributed by atoms with Gasteiger partial charge in [-0.05, 0) is 57.7 Å². The molecule has 2 aliphatic rings. The Morgan fingerprint density at radius 3 is 2.21 bits per heavy atom. The van der Waals surface area contributed by atoms with E-state index in [-0.39, 0.29) is 30.1 Å². The number of anilines is 1. The number of aromatic nitrogens is 2. The molecule has 0 spiro atoms. The van der Waals surface area contributed by atoms with Gasteiger partial charge in [0.05, 0.1) is 28.6 Å². The first-order valence-corrected chi connectivity index (χ1v) is 14.9. The topological polar surface area (TPSA) is 78.8 Å². The lowest BCUT2D eigenvalue weighted by Gasteiger charge is -2.23. The number of rotatable bonds is 7. The summed E-state index contributed by atoms with van der Waals surface area (Å²) in [7, 11) is -3.38. The summed E-state index contributed by atoms with van der Waals surface area (Å²) >= 11 is 0. The quantitative estimate of drug-likeness (QED) is 0.448. The summed E-state index contributed by atoms with van der Waals surface area (Å²) in [5, 5.41) is 4.62. The third-order valence-electron chi connectivity index (χ3n) is 7.67. The van der Waals surface area contributed by atoms with E-state index in [1.165, 1.54) is 34.7 Å². The number of halogens is 1. The summed E-state index contributed by atoms with van der Waals surface area (Å²) in [6, 6.07) is 11.9. The summed E-state index contributed by atoms with van der Waals surface area (Å²) in [6.07, 6.45) is 1.65. The lowest BCUT2D eigenvalue weighted by atomic mass is 10.0. The van der Waals surface area contributed by atoms with Crippen molar-refractivity contribution in [3.63, 3.8) is 0 Å². The summed E-state index contributed by atoms with van der Waals surface area (Å²) in [5.41, 5.74) is 1.77. The maximum atomic E-state index is 14.3. The summed E-state index contributed by atoms with van der Waals surface area (Å²) < 4.78 is 42.3. The second-order valence-corrected chi connectivity index (χ2v) is 12.6. The fourth-order valence-corrected chi connectivity index (χ4v) is 6.67. The molecule has 0 N–H and O–H groups in total. The lowest BCUT2D eigenvalue weighted by Crippen LogP contribution is -2.38. The Balaban J connectivity index is 0.000000426. The van der Waals surface area contributed by atoms with Crippen molar-refractivity contribution in [2.24, 2.45) is 11.8 Å². The molecule has 0 aliphatic carbocycles. The van der Waals surface area contributed by atoms with E-state index in [0.29, 0.717) is 24.3 Å². The zero-order valence-electron chi connectivity index (χ0n) is 22.8. The van der Waals surface area contributed by atoms with Gasteiger partial charge in [-0.25, -0.2) is 21.8 Å². The zero-order chi connectivity index (χ0) is 27.6. The van der Waals surface area contributed by atoms with Crippen molar-refractivity contribution in [2.45, 2.75) is 39.9 Å². The van der Waals surface area contributed by atoms with Crippen molar-refractivity contribution in [3.05, 3.63) is 54.5 Å². The predicted molar refractivity (Wildman–Crippen MR) is 149 cm³/mol. The van der Waals surface area contributed by atoms with E-state index >= 15 is 0 Å². The average Bonchev–Trinajstić information content (AvgIpc) is 3.60. The number of benzene rings is 2. The average molecular weight is 544 g/mol. The van der Waals surface area contributed by atoms with Crippen LogP contribution in [0.15, 0.2) is 48.7 Å². The normalized spacial score (nSPS) is 19.9. The van der Waals surface area contributed by atoms with Crippen molar-refractivity contribution in [1.82, 2.24) is 19.0 Å². The molecule has 206 valence electrons. The molecule has 2 aliphatic heterocycles. The van der Waals surface area contributed by atoms with Gasteiger partial charge in [-0.15, -0.1) is 0 Å². The molecule has 1 aromatic heterocycles. The van der Waals surface area contributed by atoms with Crippen molar-refractivity contribution >= 4 is 32.5 Å². The molecule has 0 bridgehead atoms. The molecule has 38 heavy (non-hydrogen) atoms. The molecular formula is C28H38FN5O3S. The number of fused-ring (bicyclic) bond motifs is 2. The van der Waals surface area contributed by atoms with Gasteiger partial charge in [0, 0.05) is 30.9 Å². The van der Waals surface area contributed by atoms with E-state index in [1.807, 2.05) is 18.2 Å². The minimum Gasteiger partial charge on any atom is -0.311 e. The number of carbonyl (C=O) groups excluding carboxylic acids is 1. The van der Waals surface area contributed by atoms with E-state index in [0.717, 1.165) is 11.1 Å². The van der Waals surface area contributed by atoms with E-state index in [2.05, 4.69) is 30.8 Å². The fourth-order valence-electron chi connectivity index (χ4n) is 5.30. The summed E-state index contributed by atoms with van der Waals surface area (Å²) in [5.74, 6) is -0.836. The predicted octanol–water partition coefficient (Wildman–Crippen LogP) is 4.15. The highest BCUT2D eigenvalue weighted by molar-refractivity contribution is 7.89. The second kappa shape index (κ2) is 11.5. The van der Waals surface area contributed by atoms with Crippen LogP contribution in [0.3, 0.4) is 0 Å². The standard InChI is InChI=1S/C22H23FN4O3S.C6H15N/c1-14(2)31(29,30)25-11-15-12-26(22(28)17(15)13-25)19-8-5-9-20-16(19)10-24-27(20)21-7-4-3-6-18(21)23;1-4-7(5-2)6-3/h3-10,14-15,17H,11-13H2,1-2H3;4-6H2,1-3H3/t15-,17-;/m1./s1. The molecule has 0 unspecified atom stereocenters.